The van der Waals surface area contributed by atoms with Gasteiger partial charge in [-0.1, -0.05) is 6.58 Å². The molecule has 1 heterocycles. The summed E-state index contributed by atoms with van der Waals surface area (Å²) in [5.74, 6) is -0.843. The highest BCUT2D eigenvalue weighted by Gasteiger charge is 2.26. The van der Waals surface area contributed by atoms with Gasteiger partial charge in [0, 0.05) is 12.0 Å². The summed E-state index contributed by atoms with van der Waals surface area (Å²) >= 11 is 0. The molecule has 0 bridgehead atoms. The van der Waals surface area contributed by atoms with Crippen molar-refractivity contribution in [3.05, 3.63) is 12.2 Å². The smallest absolute Gasteiger partial charge is 0.336 e. The second-order valence-corrected chi connectivity index (χ2v) is 2.64. The number of carbonyl (C=O) groups excluding carboxylic acids is 2. The van der Waals surface area contributed by atoms with Crippen molar-refractivity contribution in [1.82, 2.24) is 0 Å². The van der Waals surface area contributed by atoms with Crippen LogP contribution in [0.15, 0.2) is 12.2 Å². The maximum absolute atomic E-state index is 10.9. The molecule has 1 saturated heterocycles. The molecule has 0 radical (unpaired) electrons. The lowest BCUT2D eigenvalue weighted by molar-refractivity contribution is -0.173. The van der Waals surface area contributed by atoms with Gasteiger partial charge in [0.1, 0.15) is 0 Å². The summed E-state index contributed by atoms with van der Waals surface area (Å²) in [7, 11) is 0. The Hall–Kier alpha value is -1.32. The molecule has 0 aliphatic carbocycles. The highest BCUT2D eigenvalue weighted by atomic mass is 16.7. The van der Waals surface area contributed by atoms with Gasteiger partial charge in [0.15, 0.2) is 0 Å². The Morgan fingerprint density at radius 1 is 1.75 bits per heavy atom. The van der Waals surface area contributed by atoms with Gasteiger partial charge in [-0.15, -0.1) is 0 Å². The topological polar surface area (TPSA) is 52.6 Å². The van der Waals surface area contributed by atoms with E-state index in [4.69, 9.17) is 4.74 Å². The third kappa shape index (κ3) is 2.08. The van der Waals surface area contributed by atoms with Crippen LogP contribution in [-0.2, 0) is 19.1 Å². The first-order valence-electron chi connectivity index (χ1n) is 3.65. The minimum Gasteiger partial charge on any atom is -0.425 e. The van der Waals surface area contributed by atoms with Crippen molar-refractivity contribution >= 4 is 11.9 Å². The van der Waals surface area contributed by atoms with Crippen molar-refractivity contribution in [2.45, 2.75) is 26.1 Å². The van der Waals surface area contributed by atoms with Crippen LogP contribution in [0.5, 0.6) is 0 Å². The van der Waals surface area contributed by atoms with Gasteiger partial charge >= 0.3 is 11.9 Å². The summed E-state index contributed by atoms with van der Waals surface area (Å²) in [4.78, 5) is 21.5. The van der Waals surface area contributed by atoms with Crippen LogP contribution in [0.2, 0.25) is 0 Å². The van der Waals surface area contributed by atoms with Gasteiger partial charge in [-0.2, -0.15) is 0 Å². The Bertz CT molecular complexity index is 231. The SMILES string of the molecule is C=C(C)C(=O)OC1CCC(=O)O1. The normalized spacial score (nSPS) is 21.8. The number of hydrogen-bond acceptors (Lipinski definition) is 4. The van der Waals surface area contributed by atoms with E-state index in [9.17, 15) is 9.59 Å². The molecule has 66 valence electrons. The third-order valence-corrected chi connectivity index (χ3v) is 1.43. The van der Waals surface area contributed by atoms with Crippen LogP contribution in [0.25, 0.3) is 0 Å². The zero-order valence-corrected chi connectivity index (χ0v) is 6.83. The van der Waals surface area contributed by atoms with Crippen LogP contribution in [0.3, 0.4) is 0 Å². The summed E-state index contributed by atoms with van der Waals surface area (Å²) in [6, 6.07) is 0. The average Bonchev–Trinajstić information content (AvgIpc) is 2.35. The van der Waals surface area contributed by atoms with Gasteiger partial charge in [-0.3, -0.25) is 4.79 Å². The summed E-state index contributed by atoms with van der Waals surface area (Å²) in [5.41, 5.74) is 0.304. The Morgan fingerprint density at radius 3 is 2.83 bits per heavy atom. The number of rotatable bonds is 2. The number of hydrogen-bond donors (Lipinski definition) is 0. The van der Waals surface area contributed by atoms with Gasteiger partial charge in [0.05, 0.1) is 6.42 Å². The molecule has 4 nitrogen and oxygen atoms in total. The number of ether oxygens (including phenoxy) is 2. The molecule has 0 aromatic rings. The van der Waals surface area contributed by atoms with Crippen molar-refractivity contribution in [2.75, 3.05) is 0 Å². The van der Waals surface area contributed by atoms with Crippen molar-refractivity contribution in [3.8, 4) is 0 Å². The monoisotopic (exact) mass is 170 g/mol. The van der Waals surface area contributed by atoms with E-state index < -0.39 is 12.3 Å². The third-order valence-electron chi connectivity index (χ3n) is 1.43. The van der Waals surface area contributed by atoms with Gasteiger partial charge in [0.2, 0.25) is 6.29 Å². The molecule has 0 spiro atoms. The predicted octanol–water partition coefficient (Wildman–Crippen LogP) is 0.769. The highest BCUT2D eigenvalue weighted by Crippen LogP contribution is 2.15. The first-order valence-corrected chi connectivity index (χ1v) is 3.65. The molecule has 1 atom stereocenters. The standard InChI is InChI=1S/C8H10O4/c1-5(2)8(10)12-7-4-3-6(9)11-7/h7H,1,3-4H2,2H3. The Balaban J connectivity index is 2.37. The van der Waals surface area contributed by atoms with E-state index in [1.807, 2.05) is 0 Å². The molecule has 0 saturated carbocycles. The summed E-state index contributed by atoms with van der Waals surface area (Å²) < 4.78 is 9.42. The van der Waals surface area contributed by atoms with Crippen LogP contribution in [0.4, 0.5) is 0 Å². The number of cyclic esters (lactones) is 1. The van der Waals surface area contributed by atoms with E-state index in [1.54, 1.807) is 6.92 Å². The second-order valence-electron chi connectivity index (χ2n) is 2.64. The van der Waals surface area contributed by atoms with E-state index in [0.717, 1.165) is 0 Å². The molecular formula is C8H10O4. The van der Waals surface area contributed by atoms with Gasteiger partial charge in [-0.25, -0.2) is 4.79 Å². The quantitative estimate of drug-likeness (QED) is 0.453. The highest BCUT2D eigenvalue weighted by molar-refractivity contribution is 5.87. The molecule has 0 amide bonds. The van der Waals surface area contributed by atoms with Crippen molar-refractivity contribution < 1.29 is 19.1 Å². The van der Waals surface area contributed by atoms with E-state index in [1.165, 1.54) is 0 Å². The van der Waals surface area contributed by atoms with Gasteiger partial charge in [0.25, 0.3) is 0 Å². The van der Waals surface area contributed by atoms with E-state index >= 15 is 0 Å². The molecular weight excluding hydrogens is 160 g/mol. The van der Waals surface area contributed by atoms with E-state index in [2.05, 4.69) is 11.3 Å². The van der Waals surface area contributed by atoms with Crippen LogP contribution >= 0.6 is 0 Å². The fraction of sp³-hybridized carbons (Fsp3) is 0.500. The maximum Gasteiger partial charge on any atom is 0.336 e. The molecule has 1 aliphatic rings. The minimum atomic E-state index is -0.707. The lowest BCUT2D eigenvalue weighted by Crippen LogP contribution is -2.17. The van der Waals surface area contributed by atoms with Crippen LogP contribution in [0.1, 0.15) is 19.8 Å². The molecule has 1 unspecified atom stereocenters. The number of carbonyl (C=O) groups is 2. The van der Waals surface area contributed by atoms with Gasteiger partial charge in [-0.05, 0) is 6.92 Å². The Morgan fingerprint density at radius 2 is 2.42 bits per heavy atom. The molecule has 0 aromatic heterocycles. The minimum absolute atomic E-state index is 0.304. The van der Waals surface area contributed by atoms with E-state index in [0.29, 0.717) is 18.4 Å². The summed E-state index contributed by atoms with van der Waals surface area (Å²) in [6.45, 7) is 4.94. The van der Waals surface area contributed by atoms with Gasteiger partial charge < -0.3 is 9.47 Å². The van der Waals surface area contributed by atoms with Crippen molar-refractivity contribution in [1.29, 1.82) is 0 Å². The fourth-order valence-corrected chi connectivity index (χ4v) is 0.803. The van der Waals surface area contributed by atoms with Crippen LogP contribution in [-0.4, -0.2) is 18.2 Å². The lowest BCUT2D eigenvalue weighted by Gasteiger charge is -2.09. The first kappa shape index (κ1) is 8.77. The largest absolute Gasteiger partial charge is 0.425 e. The van der Waals surface area contributed by atoms with Crippen molar-refractivity contribution in [3.63, 3.8) is 0 Å². The first-order chi connectivity index (χ1) is 5.59. The molecule has 0 N–H and O–H groups in total. The molecule has 1 rings (SSSR count). The molecule has 1 aliphatic heterocycles. The summed E-state index contributed by atoms with van der Waals surface area (Å²) in [6.07, 6.45) is 0.0492. The molecule has 12 heavy (non-hydrogen) atoms. The molecule has 1 fully saturated rings. The maximum atomic E-state index is 10.9. The Kier molecular flexibility index (Phi) is 2.47. The Labute approximate surface area is 70.1 Å². The predicted molar refractivity (Wildman–Crippen MR) is 40.0 cm³/mol. The zero-order chi connectivity index (χ0) is 9.14. The van der Waals surface area contributed by atoms with E-state index in [-0.39, 0.29) is 5.97 Å². The molecule has 0 aromatic carbocycles. The van der Waals surface area contributed by atoms with Crippen LogP contribution in [0, 0.1) is 0 Å². The lowest BCUT2D eigenvalue weighted by atomic mass is 10.3. The van der Waals surface area contributed by atoms with Crippen molar-refractivity contribution in [2.24, 2.45) is 0 Å². The van der Waals surface area contributed by atoms with Crippen LogP contribution < -0.4 is 0 Å². The second kappa shape index (κ2) is 3.38. The summed E-state index contributed by atoms with van der Waals surface area (Å²) in [5, 5.41) is 0. The average molecular weight is 170 g/mol. The zero-order valence-electron chi connectivity index (χ0n) is 6.83. The fourth-order valence-electron chi connectivity index (χ4n) is 0.803. The molecule has 4 heteroatoms. The number of esters is 2.